The number of hydrogen-bond acceptors (Lipinski definition) is 6. The Bertz CT molecular complexity index is 495. The number of likely N-dealkylation sites (N-methyl/N-ethyl adjacent to an activating group) is 1. The van der Waals surface area contributed by atoms with Gasteiger partial charge in [-0.15, -0.1) is 0 Å². The van der Waals surface area contributed by atoms with Gasteiger partial charge in [-0.25, -0.2) is 4.79 Å². The predicted octanol–water partition coefficient (Wildman–Crippen LogP) is -1.24. The highest BCUT2D eigenvalue weighted by molar-refractivity contribution is 5.82. The fourth-order valence-electron chi connectivity index (χ4n) is 4.40. The number of hydrogen-bond donors (Lipinski definition) is 2. The minimum Gasteiger partial charge on any atom is -0.469 e. The molecule has 1 saturated carbocycles. The number of cyclic esters (lactones) is 1. The molecule has 112 valence electrons. The minimum atomic E-state index is -1.14. The Kier molecular flexibility index (Phi) is 2.56. The molecule has 6 atom stereocenters. The van der Waals surface area contributed by atoms with Crippen LogP contribution in [0.1, 0.15) is 19.8 Å². The number of nitrogens with zero attached hydrogens (tertiary/aromatic N) is 1. The van der Waals surface area contributed by atoms with Crippen molar-refractivity contribution >= 4 is 11.9 Å². The molecule has 3 rings (SSSR count). The van der Waals surface area contributed by atoms with E-state index in [-0.39, 0.29) is 17.6 Å². The maximum absolute atomic E-state index is 12.1. The van der Waals surface area contributed by atoms with Gasteiger partial charge in [0.15, 0.2) is 0 Å². The zero-order chi connectivity index (χ0) is 14.9. The van der Waals surface area contributed by atoms with Gasteiger partial charge >= 0.3 is 11.9 Å². The molecule has 3 unspecified atom stereocenters. The van der Waals surface area contributed by atoms with Crippen molar-refractivity contribution in [1.29, 1.82) is 0 Å². The maximum atomic E-state index is 12.1. The second-order valence-corrected chi connectivity index (χ2v) is 6.44. The van der Waals surface area contributed by atoms with Gasteiger partial charge < -0.3 is 19.7 Å². The fraction of sp³-hybridized carbons (Fsp3) is 0.846. The van der Waals surface area contributed by atoms with Crippen LogP contribution in [0.25, 0.3) is 0 Å². The predicted molar refractivity (Wildman–Crippen MR) is 65.0 cm³/mol. The SMILES string of the molecule is COC(=O)CC1[C@@H](O)[C@@]2(C)C(=O)OC[N+]2(C)C12C[C@H]2O. The van der Waals surface area contributed by atoms with Gasteiger partial charge in [0.2, 0.25) is 12.3 Å². The molecule has 0 aromatic carbocycles. The number of carbonyl (C=O) groups is 2. The second-order valence-electron chi connectivity index (χ2n) is 6.44. The number of methoxy groups -OCH3 is 1. The Balaban J connectivity index is 2.06. The van der Waals surface area contributed by atoms with E-state index in [0.29, 0.717) is 6.42 Å². The molecule has 1 spiro atoms. The minimum absolute atomic E-state index is 0.00850. The van der Waals surface area contributed by atoms with Crippen molar-refractivity contribution in [3.05, 3.63) is 0 Å². The Labute approximate surface area is 116 Å². The standard InChI is InChI=1S/C13H20NO6/c1-12-10(17)7(4-9(16)19-3)13(5-8(13)15)14(12,2)6-20-11(12)18/h7-8,10,15,17H,4-6H2,1-3H3/q+1/t7?,8-,10-,12+,13?,14?/m1/s1. The first-order valence-electron chi connectivity index (χ1n) is 6.71. The van der Waals surface area contributed by atoms with Crippen LogP contribution in [0.15, 0.2) is 0 Å². The average molecular weight is 286 g/mol. The van der Waals surface area contributed by atoms with Gasteiger partial charge in [-0.1, -0.05) is 0 Å². The highest BCUT2D eigenvalue weighted by Crippen LogP contribution is 2.65. The molecule has 2 saturated heterocycles. The highest BCUT2D eigenvalue weighted by Gasteiger charge is 2.87. The van der Waals surface area contributed by atoms with Crippen molar-refractivity contribution in [2.45, 2.75) is 43.1 Å². The normalized spacial score (nSPS) is 52.9. The quantitative estimate of drug-likeness (QED) is 0.487. The third-order valence-corrected chi connectivity index (χ3v) is 5.96. The lowest BCUT2D eigenvalue weighted by molar-refractivity contribution is -0.971. The van der Waals surface area contributed by atoms with Gasteiger partial charge in [0.05, 0.1) is 26.5 Å². The molecule has 20 heavy (non-hydrogen) atoms. The van der Waals surface area contributed by atoms with Crippen LogP contribution in [0.2, 0.25) is 0 Å². The number of fused-ring (bicyclic) bond motifs is 2. The Morgan fingerprint density at radius 1 is 1.55 bits per heavy atom. The monoisotopic (exact) mass is 286 g/mol. The first kappa shape index (κ1) is 13.8. The lowest BCUT2D eigenvalue weighted by atomic mass is 9.85. The van der Waals surface area contributed by atoms with E-state index in [1.807, 2.05) is 7.05 Å². The lowest BCUT2D eigenvalue weighted by Crippen LogP contribution is -2.63. The van der Waals surface area contributed by atoms with Crippen LogP contribution in [0.4, 0.5) is 0 Å². The largest absolute Gasteiger partial charge is 0.469 e. The highest BCUT2D eigenvalue weighted by atomic mass is 16.6. The Morgan fingerprint density at radius 3 is 2.65 bits per heavy atom. The third-order valence-electron chi connectivity index (χ3n) is 5.96. The van der Waals surface area contributed by atoms with Gasteiger partial charge in [0.1, 0.15) is 17.7 Å². The zero-order valence-corrected chi connectivity index (χ0v) is 11.8. The number of rotatable bonds is 2. The van der Waals surface area contributed by atoms with Crippen molar-refractivity contribution in [2.75, 3.05) is 20.9 Å². The molecule has 0 aromatic heterocycles. The summed E-state index contributed by atoms with van der Waals surface area (Å²) in [5, 5.41) is 20.8. The van der Waals surface area contributed by atoms with Crippen LogP contribution >= 0.6 is 0 Å². The van der Waals surface area contributed by atoms with Crippen LogP contribution in [-0.2, 0) is 19.1 Å². The van der Waals surface area contributed by atoms with Gasteiger partial charge in [-0.3, -0.25) is 9.28 Å². The summed E-state index contributed by atoms with van der Waals surface area (Å²) in [5.41, 5.74) is -1.84. The zero-order valence-electron chi connectivity index (χ0n) is 11.8. The number of ether oxygens (including phenoxy) is 2. The molecule has 7 heteroatoms. The molecule has 7 nitrogen and oxygen atoms in total. The summed E-state index contributed by atoms with van der Waals surface area (Å²) in [5.74, 6) is -1.43. The average Bonchev–Trinajstić information content (AvgIpc) is 3.01. The molecule has 2 heterocycles. The molecule has 2 N–H and O–H groups in total. The number of aliphatic hydroxyl groups is 2. The van der Waals surface area contributed by atoms with Crippen molar-refractivity contribution in [2.24, 2.45) is 5.92 Å². The summed E-state index contributed by atoms with van der Waals surface area (Å²) < 4.78 is 9.95. The van der Waals surface area contributed by atoms with E-state index >= 15 is 0 Å². The van der Waals surface area contributed by atoms with Gasteiger partial charge in [0, 0.05) is 13.3 Å². The van der Waals surface area contributed by atoms with Crippen LogP contribution in [0.3, 0.4) is 0 Å². The summed E-state index contributed by atoms with van der Waals surface area (Å²) in [6.45, 7) is 1.76. The molecule has 0 radical (unpaired) electrons. The van der Waals surface area contributed by atoms with Crippen molar-refractivity contribution < 1.29 is 33.8 Å². The van der Waals surface area contributed by atoms with E-state index in [4.69, 9.17) is 4.74 Å². The number of carbonyl (C=O) groups excluding carboxylic acids is 2. The van der Waals surface area contributed by atoms with Crippen molar-refractivity contribution in [3.63, 3.8) is 0 Å². The van der Waals surface area contributed by atoms with E-state index in [1.165, 1.54) is 7.11 Å². The molecule has 0 amide bonds. The molecule has 1 aliphatic carbocycles. The van der Waals surface area contributed by atoms with Crippen molar-refractivity contribution in [1.82, 2.24) is 0 Å². The molecule has 2 aliphatic heterocycles. The van der Waals surface area contributed by atoms with Gasteiger partial charge in [0.25, 0.3) is 0 Å². The Hall–Kier alpha value is -1.18. The first-order valence-corrected chi connectivity index (χ1v) is 6.71. The molecule has 3 fully saturated rings. The second kappa shape index (κ2) is 3.72. The first-order chi connectivity index (χ1) is 9.25. The van der Waals surface area contributed by atoms with E-state index in [0.717, 1.165) is 0 Å². The molecule has 0 bridgehead atoms. The van der Waals surface area contributed by atoms with Gasteiger partial charge in [-0.2, -0.15) is 0 Å². The van der Waals surface area contributed by atoms with E-state index in [1.54, 1.807) is 6.92 Å². The number of aliphatic hydroxyl groups excluding tert-OH is 2. The van der Waals surface area contributed by atoms with Crippen LogP contribution in [0, 0.1) is 5.92 Å². The molecule has 0 aromatic rings. The number of quaternary nitrogens is 1. The van der Waals surface area contributed by atoms with Crippen LogP contribution < -0.4 is 0 Å². The van der Waals surface area contributed by atoms with E-state index < -0.39 is 41.1 Å². The third kappa shape index (κ3) is 1.18. The maximum Gasteiger partial charge on any atom is 0.375 e. The van der Waals surface area contributed by atoms with Crippen LogP contribution in [0.5, 0.6) is 0 Å². The molecule has 3 aliphatic rings. The summed E-state index contributed by atoms with van der Waals surface area (Å²) >= 11 is 0. The summed E-state index contributed by atoms with van der Waals surface area (Å²) in [7, 11) is 3.09. The topological polar surface area (TPSA) is 93.1 Å². The van der Waals surface area contributed by atoms with Gasteiger partial charge in [-0.05, 0) is 0 Å². The van der Waals surface area contributed by atoms with E-state index in [9.17, 15) is 19.8 Å². The smallest absolute Gasteiger partial charge is 0.375 e. The van der Waals surface area contributed by atoms with Crippen LogP contribution in [-0.4, -0.2) is 70.8 Å². The summed E-state index contributed by atoms with van der Waals surface area (Å²) in [6, 6.07) is 0. The number of esters is 2. The van der Waals surface area contributed by atoms with E-state index in [2.05, 4.69) is 4.74 Å². The van der Waals surface area contributed by atoms with Crippen molar-refractivity contribution in [3.8, 4) is 0 Å². The summed E-state index contributed by atoms with van der Waals surface area (Å²) in [4.78, 5) is 23.7. The fourth-order valence-corrected chi connectivity index (χ4v) is 4.40. The lowest BCUT2D eigenvalue weighted by Gasteiger charge is -2.39. The molecular weight excluding hydrogens is 266 g/mol. The molecular formula is C13H20NO6+. The summed E-state index contributed by atoms with van der Waals surface area (Å²) in [6.07, 6.45) is -1.24. The Morgan fingerprint density at radius 2 is 2.15 bits per heavy atom.